The molecule has 234 valence electrons. The number of unbranched alkanes of at least 4 members (excludes halogenated alkanes) is 18. The topological polar surface area (TPSA) is 0 Å². The summed E-state index contributed by atoms with van der Waals surface area (Å²) in [5.41, 5.74) is 0. The first-order valence-corrected chi connectivity index (χ1v) is 18.3. The Labute approximate surface area is 254 Å². The highest BCUT2D eigenvalue weighted by molar-refractivity contribution is 4.86. The molecule has 40 heavy (non-hydrogen) atoms. The highest BCUT2D eigenvalue weighted by Gasteiger charge is 2.11. The minimum atomic E-state index is 0.801. The highest BCUT2D eigenvalue weighted by Crippen LogP contribution is 2.23. The van der Waals surface area contributed by atoms with Gasteiger partial charge >= 0.3 is 0 Å². The first-order valence-electron chi connectivity index (χ1n) is 18.3. The minimum absolute atomic E-state index is 0.801. The molecule has 0 heterocycles. The van der Waals surface area contributed by atoms with Gasteiger partial charge in [-0.2, -0.15) is 0 Å². The Balaban J connectivity index is 3.60. The zero-order valence-corrected chi connectivity index (χ0v) is 28.2. The van der Waals surface area contributed by atoms with Crippen molar-refractivity contribution in [3.05, 3.63) is 48.6 Å². The van der Waals surface area contributed by atoms with Gasteiger partial charge in [0.15, 0.2) is 0 Å². The average Bonchev–Trinajstić information content (AvgIpc) is 2.95. The van der Waals surface area contributed by atoms with E-state index in [0.717, 1.165) is 11.8 Å². The first-order chi connectivity index (χ1) is 19.7. The zero-order chi connectivity index (χ0) is 29.2. The summed E-state index contributed by atoms with van der Waals surface area (Å²) in [6.07, 6.45) is 54.6. The number of hydrogen-bond donors (Lipinski definition) is 0. The predicted octanol–water partition coefficient (Wildman–Crippen LogP) is 14.7. The summed E-state index contributed by atoms with van der Waals surface area (Å²) in [5, 5.41) is 0. The quantitative estimate of drug-likeness (QED) is 0.0590. The Morgan fingerprint density at radius 2 is 0.575 bits per heavy atom. The van der Waals surface area contributed by atoms with E-state index >= 15 is 0 Å². The van der Waals surface area contributed by atoms with Gasteiger partial charge in [-0.05, 0) is 115 Å². The van der Waals surface area contributed by atoms with Gasteiger partial charge < -0.3 is 0 Å². The Kier molecular flexibility index (Phi) is 33.3. The number of allylic oxidation sites excluding steroid dienone is 8. The van der Waals surface area contributed by atoms with Crippen LogP contribution in [-0.4, -0.2) is 0 Å². The molecule has 0 aromatic rings. The molecule has 0 saturated heterocycles. The van der Waals surface area contributed by atoms with E-state index < -0.39 is 0 Å². The lowest BCUT2D eigenvalue weighted by molar-refractivity contribution is 0.341. The van der Waals surface area contributed by atoms with Crippen LogP contribution in [0.5, 0.6) is 0 Å². The second-order valence-corrected chi connectivity index (χ2v) is 12.7. The molecule has 0 heteroatoms. The van der Waals surface area contributed by atoms with Crippen LogP contribution in [0.2, 0.25) is 0 Å². The molecule has 0 unspecified atom stereocenters. The summed E-state index contributed by atoms with van der Waals surface area (Å²) in [4.78, 5) is 0. The third-order valence-electron chi connectivity index (χ3n) is 8.45. The fourth-order valence-electron chi connectivity index (χ4n) is 5.51. The van der Waals surface area contributed by atoms with Crippen molar-refractivity contribution in [1.82, 2.24) is 0 Å². The molecule has 0 aromatic carbocycles. The maximum Gasteiger partial charge on any atom is -0.0348 e. The maximum absolute atomic E-state index is 2.46. The van der Waals surface area contributed by atoms with E-state index in [9.17, 15) is 0 Å². The highest BCUT2D eigenvalue weighted by atomic mass is 14.2. The molecule has 0 aliphatic carbocycles. The third-order valence-corrected chi connectivity index (χ3v) is 8.45. The smallest absolute Gasteiger partial charge is 0.0348 e. The van der Waals surface area contributed by atoms with Crippen LogP contribution < -0.4 is 0 Å². The summed E-state index contributed by atoms with van der Waals surface area (Å²) in [7, 11) is 0. The van der Waals surface area contributed by atoms with Crippen LogP contribution in [-0.2, 0) is 0 Å². The maximum atomic E-state index is 2.46. The van der Waals surface area contributed by atoms with E-state index in [2.05, 4.69) is 76.3 Å². The Bertz CT molecular complexity index is 527. The van der Waals surface area contributed by atoms with Crippen molar-refractivity contribution in [1.29, 1.82) is 0 Å². The molecule has 0 amide bonds. The summed E-state index contributed by atoms with van der Waals surface area (Å²) >= 11 is 0. The SMILES string of the molecule is CCCCCCC/C=C/CCCCC/C=C/CCC(CC/C=C/CCCCC/C=C/CCCCCCC)C(C)C. The van der Waals surface area contributed by atoms with Crippen LogP contribution in [0.4, 0.5) is 0 Å². The summed E-state index contributed by atoms with van der Waals surface area (Å²) in [6.45, 7) is 9.41. The van der Waals surface area contributed by atoms with Gasteiger partial charge in [-0.1, -0.05) is 141 Å². The molecule has 0 aliphatic rings. The lowest BCUT2D eigenvalue weighted by Crippen LogP contribution is -2.08. The molecule has 0 aromatic heterocycles. The van der Waals surface area contributed by atoms with E-state index in [1.54, 1.807) is 0 Å². The third kappa shape index (κ3) is 31.5. The molecule has 0 rings (SSSR count). The molecular weight excluding hydrogens is 480 g/mol. The average molecular weight is 555 g/mol. The van der Waals surface area contributed by atoms with E-state index in [1.165, 1.54) is 167 Å². The molecule has 0 atom stereocenters. The first kappa shape index (κ1) is 39.0. The second-order valence-electron chi connectivity index (χ2n) is 12.7. The van der Waals surface area contributed by atoms with Crippen LogP contribution in [0, 0.1) is 11.8 Å². The van der Waals surface area contributed by atoms with E-state index in [1.807, 2.05) is 0 Å². The lowest BCUT2D eigenvalue weighted by atomic mass is 9.87. The van der Waals surface area contributed by atoms with Gasteiger partial charge in [-0.3, -0.25) is 0 Å². The van der Waals surface area contributed by atoms with E-state index in [-0.39, 0.29) is 0 Å². The van der Waals surface area contributed by atoms with Gasteiger partial charge in [0.2, 0.25) is 0 Å². The lowest BCUT2D eigenvalue weighted by Gasteiger charge is -2.19. The van der Waals surface area contributed by atoms with Gasteiger partial charge in [0, 0.05) is 0 Å². The van der Waals surface area contributed by atoms with E-state index in [4.69, 9.17) is 0 Å². The van der Waals surface area contributed by atoms with Crippen molar-refractivity contribution in [3.63, 3.8) is 0 Å². The van der Waals surface area contributed by atoms with Gasteiger partial charge in [0.25, 0.3) is 0 Å². The molecule has 0 aliphatic heterocycles. The number of hydrogen-bond acceptors (Lipinski definition) is 0. The molecule has 0 fully saturated rings. The van der Waals surface area contributed by atoms with Crippen molar-refractivity contribution in [2.24, 2.45) is 11.8 Å². The van der Waals surface area contributed by atoms with Crippen LogP contribution in [0.25, 0.3) is 0 Å². The largest absolute Gasteiger partial charge is 0.0885 e. The Morgan fingerprint density at radius 1 is 0.325 bits per heavy atom. The zero-order valence-electron chi connectivity index (χ0n) is 28.2. The van der Waals surface area contributed by atoms with Gasteiger partial charge in [0.05, 0.1) is 0 Å². The summed E-state index contributed by atoms with van der Waals surface area (Å²) < 4.78 is 0. The van der Waals surface area contributed by atoms with E-state index in [0.29, 0.717) is 0 Å². The fraction of sp³-hybridized carbons (Fsp3) is 0.800. The summed E-state index contributed by atoms with van der Waals surface area (Å²) in [6, 6.07) is 0. The van der Waals surface area contributed by atoms with Crippen molar-refractivity contribution in [2.75, 3.05) is 0 Å². The van der Waals surface area contributed by atoms with Gasteiger partial charge in [-0.25, -0.2) is 0 Å². The van der Waals surface area contributed by atoms with Crippen LogP contribution >= 0.6 is 0 Å². The Hall–Kier alpha value is -1.04. The van der Waals surface area contributed by atoms with Crippen LogP contribution in [0.15, 0.2) is 48.6 Å². The monoisotopic (exact) mass is 555 g/mol. The molecule has 0 bridgehead atoms. The van der Waals surface area contributed by atoms with Crippen molar-refractivity contribution in [2.45, 2.75) is 195 Å². The molecule has 0 saturated carbocycles. The van der Waals surface area contributed by atoms with Gasteiger partial charge in [0.1, 0.15) is 0 Å². The molecule has 0 spiro atoms. The standard InChI is InChI=1S/C40H74/c1-5-7-9-11-13-15-17-19-21-23-25-27-29-31-33-35-37-40(39(3)4)38-36-34-32-30-28-26-24-22-20-18-16-14-12-10-8-6-2/h17-20,31-34,39-40H,5-16,21-30,35-38H2,1-4H3/b19-17+,20-18+,33-31+,34-32+. The van der Waals surface area contributed by atoms with Crippen LogP contribution in [0.1, 0.15) is 195 Å². The molecule has 0 nitrogen and oxygen atoms in total. The second kappa shape index (κ2) is 34.2. The molecule has 0 radical (unpaired) electrons. The summed E-state index contributed by atoms with van der Waals surface area (Å²) in [5.74, 6) is 1.67. The van der Waals surface area contributed by atoms with Crippen LogP contribution in [0.3, 0.4) is 0 Å². The Morgan fingerprint density at radius 3 is 0.850 bits per heavy atom. The molecule has 0 N–H and O–H groups in total. The fourth-order valence-corrected chi connectivity index (χ4v) is 5.51. The molecular formula is C40H74. The predicted molar refractivity (Wildman–Crippen MR) is 186 cm³/mol. The normalized spacial score (nSPS) is 12.7. The van der Waals surface area contributed by atoms with Crippen molar-refractivity contribution < 1.29 is 0 Å². The van der Waals surface area contributed by atoms with Crippen molar-refractivity contribution in [3.8, 4) is 0 Å². The number of rotatable bonds is 31. The van der Waals surface area contributed by atoms with Gasteiger partial charge in [-0.15, -0.1) is 0 Å². The minimum Gasteiger partial charge on any atom is -0.0885 e. The van der Waals surface area contributed by atoms with Crippen molar-refractivity contribution >= 4 is 0 Å².